The summed E-state index contributed by atoms with van der Waals surface area (Å²) < 4.78 is 0. The molecule has 0 heterocycles. The number of aliphatic carboxylic acids is 1. The molecule has 0 bridgehead atoms. The third-order valence-electron chi connectivity index (χ3n) is 2.93. The summed E-state index contributed by atoms with van der Waals surface area (Å²) in [6.45, 7) is 1.94. The summed E-state index contributed by atoms with van der Waals surface area (Å²) in [5.74, 6) is -1.56. The minimum Gasteiger partial charge on any atom is -0.480 e. The first-order valence-electron chi connectivity index (χ1n) is 6.84. The summed E-state index contributed by atoms with van der Waals surface area (Å²) in [5.41, 5.74) is 0.432. The van der Waals surface area contributed by atoms with Crippen molar-refractivity contribution in [3.63, 3.8) is 0 Å². The van der Waals surface area contributed by atoms with Gasteiger partial charge in [-0.05, 0) is 31.4 Å². The number of rotatable bonds is 8. The van der Waals surface area contributed by atoms with Crippen molar-refractivity contribution >= 4 is 17.8 Å². The maximum Gasteiger partial charge on any atom is 0.326 e. The first kappa shape index (κ1) is 16.7. The average molecular weight is 292 g/mol. The smallest absolute Gasteiger partial charge is 0.326 e. The molecule has 1 unspecified atom stereocenters. The van der Waals surface area contributed by atoms with Crippen LogP contribution in [0.3, 0.4) is 0 Å². The van der Waals surface area contributed by atoms with Gasteiger partial charge in [0.25, 0.3) is 5.91 Å². The van der Waals surface area contributed by atoms with E-state index in [1.807, 2.05) is 0 Å². The van der Waals surface area contributed by atoms with Gasteiger partial charge in [0.1, 0.15) is 6.04 Å². The van der Waals surface area contributed by atoms with Crippen molar-refractivity contribution in [3.8, 4) is 0 Å². The summed E-state index contributed by atoms with van der Waals surface area (Å²) >= 11 is 0. The number of hydrogen-bond acceptors (Lipinski definition) is 3. The van der Waals surface area contributed by atoms with E-state index < -0.39 is 17.9 Å². The molecule has 0 spiro atoms. The van der Waals surface area contributed by atoms with Crippen LogP contribution in [0.5, 0.6) is 0 Å². The average Bonchev–Trinajstić information content (AvgIpc) is 2.45. The maximum absolute atomic E-state index is 11.9. The Morgan fingerprint density at radius 1 is 1.14 bits per heavy atom. The number of carbonyl (C=O) groups is 3. The number of benzene rings is 1. The lowest BCUT2D eigenvalue weighted by Gasteiger charge is -2.14. The van der Waals surface area contributed by atoms with E-state index in [0.717, 1.165) is 0 Å². The molecule has 0 fully saturated rings. The van der Waals surface area contributed by atoms with E-state index in [1.165, 1.54) is 6.92 Å². The van der Waals surface area contributed by atoms with E-state index in [9.17, 15) is 14.4 Å². The van der Waals surface area contributed by atoms with Crippen LogP contribution in [0.15, 0.2) is 30.3 Å². The van der Waals surface area contributed by atoms with Gasteiger partial charge in [-0.1, -0.05) is 18.2 Å². The van der Waals surface area contributed by atoms with Crippen molar-refractivity contribution in [1.82, 2.24) is 10.6 Å². The van der Waals surface area contributed by atoms with Gasteiger partial charge in [0.05, 0.1) is 0 Å². The zero-order chi connectivity index (χ0) is 15.7. The van der Waals surface area contributed by atoms with Crippen LogP contribution in [0.2, 0.25) is 0 Å². The molecule has 0 aromatic heterocycles. The fourth-order valence-corrected chi connectivity index (χ4v) is 1.83. The standard InChI is InChI=1S/C15H20N2O4/c1-11(18)16-10-6-5-9-13(15(20)21)17-14(19)12-7-3-2-4-8-12/h2-4,7-8,13H,5-6,9-10H2,1H3,(H,16,18)(H,17,19)(H,20,21). The van der Waals surface area contributed by atoms with Crippen molar-refractivity contribution in [2.75, 3.05) is 6.54 Å². The number of nitrogens with one attached hydrogen (secondary N) is 2. The summed E-state index contributed by atoms with van der Waals surface area (Å²) in [6, 6.07) is 7.56. The Hall–Kier alpha value is -2.37. The zero-order valence-corrected chi connectivity index (χ0v) is 12.0. The Balaban J connectivity index is 2.41. The normalized spacial score (nSPS) is 11.5. The van der Waals surface area contributed by atoms with Crippen molar-refractivity contribution in [1.29, 1.82) is 0 Å². The van der Waals surface area contributed by atoms with Gasteiger partial charge in [-0.25, -0.2) is 4.79 Å². The van der Waals surface area contributed by atoms with Crippen LogP contribution < -0.4 is 10.6 Å². The van der Waals surface area contributed by atoms with Gasteiger partial charge in [-0.15, -0.1) is 0 Å². The van der Waals surface area contributed by atoms with Crippen molar-refractivity contribution in [2.24, 2.45) is 0 Å². The molecule has 0 aliphatic carbocycles. The quantitative estimate of drug-likeness (QED) is 0.627. The molecule has 1 aromatic carbocycles. The second kappa shape index (κ2) is 8.73. The molecule has 1 aromatic rings. The summed E-state index contributed by atoms with van der Waals surface area (Å²) in [7, 11) is 0. The van der Waals surface area contributed by atoms with Crippen molar-refractivity contribution in [2.45, 2.75) is 32.2 Å². The molecular weight excluding hydrogens is 272 g/mol. The fourth-order valence-electron chi connectivity index (χ4n) is 1.83. The second-order valence-electron chi connectivity index (χ2n) is 4.71. The van der Waals surface area contributed by atoms with E-state index in [-0.39, 0.29) is 5.91 Å². The molecule has 0 saturated heterocycles. The lowest BCUT2D eigenvalue weighted by atomic mass is 10.1. The van der Waals surface area contributed by atoms with Crippen LogP contribution >= 0.6 is 0 Å². The lowest BCUT2D eigenvalue weighted by molar-refractivity contribution is -0.139. The Morgan fingerprint density at radius 2 is 1.81 bits per heavy atom. The predicted molar refractivity (Wildman–Crippen MR) is 77.9 cm³/mol. The maximum atomic E-state index is 11.9. The van der Waals surface area contributed by atoms with Crippen molar-refractivity contribution in [3.05, 3.63) is 35.9 Å². The summed E-state index contributed by atoms with van der Waals surface area (Å²) in [5, 5.41) is 14.3. The van der Waals surface area contributed by atoms with Crippen LogP contribution in [0.4, 0.5) is 0 Å². The van der Waals surface area contributed by atoms with Gasteiger partial charge in [0.2, 0.25) is 5.91 Å². The van der Waals surface area contributed by atoms with Gasteiger partial charge in [0.15, 0.2) is 0 Å². The SMILES string of the molecule is CC(=O)NCCCCC(NC(=O)c1ccccc1)C(=O)O. The Bertz CT molecular complexity index is 488. The highest BCUT2D eigenvalue weighted by atomic mass is 16.4. The van der Waals surface area contributed by atoms with E-state index in [4.69, 9.17) is 5.11 Å². The molecule has 6 nitrogen and oxygen atoms in total. The van der Waals surface area contributed by atoms with Crippen LogP contribution in [-0.2, 0) is 9.59 Å². The first-order valence-corrected chi connectivity index (χ1v) is 6.84. The van der Waals surface area contributed by atoms with Gasteiger partial charge < -0.3 is 15.7 Å². The molecular formula is C15H20N2O4. The number of amides is 2. The van der Waals surface area contributed by atoms with Gasteiger partial charge in [0, 0.05) is 19.0 Å². The molecule has 1 rings (SSSR count). The molecule has 6 heteroatoms. The highest BCUT2D eigenvalue weighted by Crippen LogP contribution is 2.04. The molecule has 2 amide bonds. The first-order chi connectivity index (χ1) is 10.0. The Kier molecular flexibility index (Phi) is 6.94. The summed E-state index contributed by atoms with van der Waals surface area (Å²) in [6.07, 6.45) is 1.60. The number of unbranched alkanes of at least 4 members (excludes halogenated alkanes) is 1. The Morgan fingerprint density at radius 3 is 2.38 bits per heavy atom. The summed E-state index contributed by atoms with van der Waals surface area (Å²) in [4.78, 5) is 33.7. The number of carboxylic acids is 1. The van der Waals surface area contributed by atoms with E-state index in [1.54, 1.807) is 30.3 Å². The molecule has 0 aliphatic rings. The Labute approximate surface area is 123 Å². The number of hydrogen-bond donors (Lipinski definition) is 3. The molecule has 1 atom stereocenters. The lowest BCUT2D eigenvalue weighted by Crippen LogP contribution is -2.40. The molecule has 0 saturated carbocycles. The minimum atomic E-state index is -1.06. The van der Waals surface area contributed by atoms with Crippen LogP contribution in [0.1, 0.15) is 36.5 Å². The molecule has 0 aliphatic heterocycles. The molecule has 0 radical (unpaired) electrons. The van der Waals surface area contributed by atoms with E-state index >= 15 is 0 Å². The third-order valence-corrected chi connectivity index (χ3v) is 2.93. The second-order valence-corrected chi connectivity index (χ2v) is 4.71. The van der Waals surface area contributed by atoms with Crippen LogP contribution in [-0.4, -0.2) is 35.5 Å². The highest BCUT2D eigenvalue weighted by Gasteiger charge is 2.19. The van der Waals surface area contributed by atoms with E-state index in [2.05, 4.69) is 10.6 Å². The monoisotopic (exact) mass is 292 g/mol. The van der Waals surface area contributed by atoms with Crippen molar-refractivity contribution < 1.29 is 19.5 Å². The minimum absolute atomic E-state index is 0.109. The molecule has 3 N–H and O–H groups in total. The predicted octanol–water partition coefficient (Wildman–Crippen LogP) is 1.18. The fraction of sp³-hybridized carbons (Fsp3) is 0.400. The van der Waals surface area contributed by atoms with Gasteiger partial charge >= 0.3 is 5.97 Å². The highest BCUT2D eigenvalue weighted by molar-refractivity contribution is 5.96. The van der Waals surface area contributed by atoms with Gasteiger partial charge in [-0.3, -0.25) is 9.59 Å². The van der Waals surface area contributed by atoms with Crippen LogP contribution in [0.25, 0.3) is 0 Å². The van der Waals surface area contributed by atoms with E-state index in [0.29, 0.717) is 31.4 Å². The number of carbonyl (C=O) groups excluding carboxylic acids is 2. The van der Waals surface area contributed by atoms with Gasteiger partial charge in [-0.2, -0.15) is 0 Å². The largest absolute Gasteiger partial charge is 0.480 e. The third kappa shape index (κ3) is 6.56. The zero-order valence-electron chi connectivity index (χ0n) is 12.0. The topological polar surface area (TPSA) is 95.5 Å². The molecule has 21 heavy (non-hydrogen) atoms. The van der Waals surface area contributed by atoms with Crippen LogP contribution in [0, 0.1) is 0 Å². The number of carboxylic acid groups (broad SMARTS) is 1. The molecule has 114 valence electrons.